The molecule has 0 aromatic carbocycles. The van der Waals surface area contributed by atoms with E-state index < -0.39 is 0 Å². The molecule has 0 atom stereocenters. The SMILES string of the molecule is CCCCCCCC[N+]([S-])(CCCCCCCC)C(=S)[S-].CCCCCCCC[N+]([S-])(CCCCCCCC)C(=S)[S-].CCCCCCCC[N+]([S-])(CCCCCCCC)C(=S)[S-].CCCCCCCC[N+]([S-])(CCCCCCCC)C(=S)[S-].[Mo+4]. The van der Waals surface area contributed by atoms with E-state index in [9.17, 15) is 0 Å². The maximum absolute atomic E-state index is 5.72. The summed E-state index contributed by atoms with van der Waals surface area (Å²) in [6.45, 7) is 25.7. The predicted molar refractivity (Wildman–Crippen MR) is 416 cm³/mol. The molecule has 0 aliphatic carbocycles. The van der Waals surface area contributed by atoms with Gasteiger partial charge in [-0.15, -0.1) is 0 Å². The first-order valence-corrected chi connectivity index (χ1v) is 40.2. The van der Waals surface area contributed by atoms with Crippen LogP contribution in [0.5, 0.6) is 0 Å². The summed E-state index contributed by atoms with van der Waals surface area (Å²) in [6, 6.07) is 0. The van der Waals surface area contributed by atoms with Gasteiger partial charge in [-0.1, -0.05) is 261 Å². The van der Waals surface area contributed by atoms with Crippen LogP contribution in [0.25, 0.3) is 0 Å². The summed E-state index contributed by atoms with van der Waals surface area (Å²) in [4.78, 5) is 0. The molecule has 0 saturated heterocycles. The van der Waals surface area contributed by atoms with Crippen LogP contribution in [0.2, 0.25) is 0 Å². The average Bonchev–Trinajstić information content (AvgIpc) is 3.60. The van der Waals surface area contributed by atoms with Crippen LogP contribution in [-0.4, -0.2) is 85.2 Å². The van der Waals surface area contributed by atoms with E-state index in [1.54, 1.807) is 0 Å². The van der Waals surface area contributed by atoms with Gasteiger partial charge in [0.05, 0.1) is 52.4 Å². The molecular weight excluding hydrogens is 1350 g/mol. The zero-order chi connectivity index (χ0) is 63.9. The molecule has 85 heavy (non-hydrogen) atoms. The van der Waals surface area contributed by atoms with E-state index in [2.05, 4.69) is 55.4 Å². The molecule has 0 bridgehead atoms. The second-order valence-electron chi connectivity index (χ2n) is 24.6. The Morgan fingerprint density at radius 1 is 0.188 bits per heavy atom. The number of unbranched alkanes of at least 4 members (excludes halogenated alkanes) is 40. The van der Waals surface area contributed by atoms with Crippen molar-refractivity contribution in [1.82, 2.24) is 0 Å². The Bertz CT molecular complexity index is 1180. The van der Waals surface area contributed by atoms with Gasteiger partial charge in [0.2, 0.25) is 0 Å². The molecule has 0 heterocycles. The van der Waals surface area contributed by atoms with Gasteiger partial charge in [0.25, 0.3) is 0 Å². The average molecular weight is 1490 g/mol. The fraction of sp³-hybridized carbons (Fsp3) is 0.941. The largest absolute Gasteiger partial charge is 4.00 e. The monoisotopic (exact) mass is 1490 g/mol. The molecule has 0 saturated carbocycles. The van der Waals surface area contributed by atoms with Gasteiger partial charge in [-0.25, -0.2) is 0 Å². The van der Waals surface area contributed by atoms with Crippen molar-refractivity contribution in [3.05, 3.63) is 0 Å². The molecule has 0 unspecified atom stereocenters. The third-order valence-electron chi connectivity index (χ3n) is 16.3. The summed E-state index contributed by atoms with van der Waals surface area (Å²) in [7, 11) is 0. The molecule has 0 aromatic heterocycles. The van der Waals surface area contributed by atoms with Crippen molar-refractivity contribution in [1.29, 1.82) is 0 Å². The second kappa shape index (κ2) is 71.5. The van der Waals surface area contributed by atoms with Crippen molar-refractivity contribution < 1.29 is 36.6 Å². The normalized spacial score (nSPS) is 11.6. The fourth-order valence-corrected chi connectivity index (χ4v) is 12.9. The number of rotatable bonds is 56. The van der Waals surface area contributed by atoms with Crippen molar-refractivity contribution >= 4 is 168 Å². The first-order valence-electron chi connectivity index (χ1n) is 35.4. The van der Waals surface area contributed by atoms with E-state index in [4.69, 9.17) is 151 Å². The zero-order valence-electron chi connectivity index (χ0n) is 56.7. The molecule has 0 radical (unpaired) electrons. The summed E-state index contributed by atoms with van der Waals surface area (Å²) >= 11 is 64.9. The first-order chi connectivity index (χ1) is 40.3. The van der Waals surface area contributed by atoms with E-state index in [0.29, 0.717) is 32.8 Å². The van der Waals surface area contributed by atoms with Crippen LogP contribution in [0.1, 0.15) is 364 Å². The summed E-state index contributed by atoms with van der Waals surface area (Å²) in [6.07, 6.45) is 62.1. The first kappa shape index (κ1) is 96.9. The smallest absolute Gasteiger partial charge is 0.489 e. The van der Waals surface area contributed by atoms with Crippen molar-refractivity contribution in [2.24, 2.45) is 0 Å². The standard InChI is InChI=1S/4C17H35NS3.Mo/c4*1-3-5-7-9-11-13-15-18(21,17(19)20)16-14-12-10-8-6-4-2;/h4*3-16H2,1-2H3,(H,19,20);/q;;;;+4/p-4. The molecule has 0 fully saturated rings. The number of hydrogen-bond acceptors (Lipinski definition) is 12. The van der Waals surface area contributed by atoms with Gasteiger partial charge >= 0.3 is 21.1 Å². The molecule has 4 nitrogen and oxygen atoms in total. The predicted octanol–water partition coefficient (Wildman–Crippen LogP) is 23.3. The number of nitrogens with zero attached hydrogens (tertiary/aromatic N) is 4. The van der Waals surface area contributed by atoms with Gasteiger partial charge in [0, 0.05) is 17.3 Å². The minimum absolute atomic E-state index is 0. The molecular formula is C68H136MoN4S12. The molecule has 17 heteroatoms. The van der Waals surface area contributed by atoms with E-state index in [0.717, 1.165) is 52.4 Å². The van der Waals surface area contributed by atoms with E-state index >= 15 is 0 Å². The molecule has 0 aliphatic heterocycles. The van der Waals surface area contributed by atoms with Crippen molar-refractivity contribution in [2.75, 3.05) is 52.4 Å². The topological polar surface area (TPSA) is 0 Å². The Hall–Kier alpha value is 3.17. The van der Waals surface area contributed by atoms with Gasteiger partial charge in [-0.3, -0.25) is 0 Å². The Balaban J connectivity index is -0.000000333. The van der Waals surface area contributed by atoms with Crippen molar-refractivity contribution in [2.45, 2.75) is 364 Å². The minimum Gasteiger partial charge on any atom is -0.489 e. The third-order valence-corrected chi connectivity index (χ3v) is 22.2. The van der Waals surface area contributed by atoms with Gasteiger partial charge in [0.15, 0.2) is 0 Å². The van der Waals surface area contributed by atoms with Crippen LogP contribution in [-0.2, 0) is 123 Å². The summed E-state index contributed by atoms with van der Waals surface area (Å²) < 4.78 is 4.00. The van der Waals surface area contributed by atoms with Crippen molar-refractivity contribution in [3.63, 3.8) is 0 Å². The summed E-state index contributed by atoms with van der Waals surface area (Å²) in [5.74, 6) is 0. The van der Waals surface area contributed by atoms with Crippen LogP contribution >= 0.6 is 48.9 Å². The summed E-state index contributed by atoms with van der Waals surface area (Å²) in [5, 5.41) is 0. The Morgan fingerprint density at radius 3 is 0.353 bits per heavy atom. The summed E-state index contributed by atoms with van der Waals surface area (Å²) in [5.41, 5.74) is 0. The van der Waals surface area contributed by atoms with Crippen molar-refractivity contribution in [3.8, 4) is 0 Å². The van der Waals surface area contributed by atoms with Crippen LogP contribution in [0.4, 0.5) is 0 Å². The van der Waals surface area contributed by atoms with Crippen LogP contribution < -0.4 is 0 Å². The number of hydrogen-bond donors (Lipinski definition) is 0. The van der Waals surface area contributed by atoms with E-state index in [1.165, 1.54) is 308 Å². The molecule has 0 aromatic rings. The number of quaternary nitrogens is 4. The minimum atomic E-state index is 0. The Morgan fingerprint density at radius 2 is 0.271 bits per heavy atom. The maximum Gasteiger partial charge on any atom is 4.00 e. The molecule has 0 N–H and O–H groups in total. The Labute approximate surface area is 614 Å². The molecule has 0 spiro atoms. The third kappa shape index (κ3) is 64.3. The zero-order valence-corrected chi connectivity index (χ0v) is 68.5. The quantitative estimate of drug-likeness (QED) is 0.0187. The van der Waals surface area contributed by atoms with Crippen LogP contribution in [0, 0.1) is 0 Å². The van der Waals surface area contributed by atoms with Gasteiger partial charge in [-0.2, -0.15) is 0 Å². The van der Waals surface area contributed by atoms with Gasteiger partial charge < -0.3 is 166 Å². The van der Waals surface area contributed by atoms with E-state index in [1.807, 2.05) is 0 Å². The van der Waals surface area contributed by atoms with Gasteiger partial charge in [0.1, 0.15) is 0 Å². The van der Waals surface area contributed by atoms with Crippen LogP contribution in [0.3, 0.4) is 0 Å². The molecule has 0 rings (SSSR count). The molecule has 0 aliphatic rings. The fourth-order valence-electron chi connectivity index (χ4n) is 10.4. The molecule has 0 amide bonds. The second-order valence-corrected chi connectivity index (χ2v) is 31.5. The van der Waals surface area contributed by atoms with E-state index in [-0.39, 0.29) is 21.1 Å². The van der Waals surface area contributed by atoms with Gasteiger partial charge in [-0.05, 0) is 103 Å². The maximum atomic E-state index is 5.72. The Kier molecular flexibility index (Phi) is 81.4. The molecule has 506 valence electrons. The number of thiocarbonyl (C=S) groups is 4. The van der Waals surface area contributed by atoms with Crippen LogP contribution in [0.15, 0.2) is 0 Å².